The van der Waals surface area contributed by atoms with Gasteiger partial charge in [0.1, 0.15) is 17.7 Å². The van der Waals surface area contributed by atoms with Gasteiger partial charge in [-0.15, -0.1) is 0 Å². The van der Waals surface area contributed by atoms with Gasteiger partial charge in [-0.3, -0.25) is 14.5 Å². The molecule has 0 spiro atoms. The minimum Gasteiger partial charge on any atom is -0.489 e. The molecule has 142 valence electrons. The van der Waals surface area contributed by atoms with Crippen molar-refractivity contribution in [1.82, 2.24) is 4.90 Å². The number of rotatable bonds is 7. The molecule has 1 atom stereocenters. The summed E-state index contributed by atoms with van der Waals surface area (Å²) in [6.45, 7) is 2.16. The summed E-state index contributed by atoms with van der Waals surface area (Å²) in [6, 6.07) is 12.6. The van der Waals surface area contributed by atoms with Crippen molar-refractivity contribution in [2.24, 2.45) is 5.73 Å². The second kappa shape index (κ2) is 8.64. The predicted molar refractivity (Wildman–Crippen MR) is 100 cm³/mol. The number of nitrogens with two attached hydrogens (primary N) is 1. The summed E-state index contributed by atoms with van der Waals surface area (Å²) in [5.41, 5.74) is 6.21. The van der Waals surface area contributed by atoms with Crippen LogP contribution in [-0.4, -0.2) is 42.5 Å². The molecule has 0 aliphatic carbocycles. The number of hydrogen-bond donors (Lipinski definition) is 2. The lowest BCUT2D eigenvalue weighted by molar-refractivity contribution is -0.116. The Bertz CT molecular complexity index is 810. The van der Waals surface area contributed by atoms with E-state index in [0.717, 1.165) is 13.0 Å². The van der Waals surface area contributed by atoms with Gasteiger partial charge in [0.25, 0.3) is 0 Å². The number of primary amides is 1. The number of amides is 2. The number of ether oxygens (including phenoxy) is 1. The fourth-order valence-corrected chi connectivity index (χ4v) is 3.03. The van der Waals surface area contributed by atoms with Crippen LogP contribution in [0.4, 0.5) is 10.1 Å². The van der Waals surface area contributed by atoms with Gasteiger partial charge in [-0.25, -0.2) is 4.39 Å². The molecule has 1 aliphatic heterocycles. The van der Waals surface area contributed by atoms with Crippen molar-refractivity contribution in [3.63, 3.8) is 0 Å². The summed E-state index contributed by atoms with van der Waals surface area (Å²) in [4.78, 5) is 25.3. The largest absolute Gasteiger partial charge is 0.489 e. The molecule has 0 saturated carbocycles. The molecule has 2 aromatic carbocycles. The molecule has 1 heterocycles. The highest BCUT2D eigenvalue weighted by atomic mass is 19.1. The summed E-state index contributed by atoms with van der Waals surface area (Å²) in [5, 5.41) is 2.80. The standard InChI is InChI=1S/C20H22FN3O3/c21-15-2-1-3-17(12-15)27-18-8-10-24(13-18)11-9-19(25)23-16-6-4-14(5-7-16)20(22)26/h1-7,12,18H,8-11,13H2,(H2,22,26)(H,23,25). The minimum atomic E-state index is -0.503. The first-order chi connectivity index (χ1) is 13.0. The maximum absolute atomic E-state index is 13.2. The number of carbonyl (C=O) groups excluding carboxylic acids is 2. The zero-order valence-corrected chi connectivity index (χ0v) is 14.9. The Morgan fingerprint density at radius 3 is 2.70 bits per heavy atom. The van der Waals surface area contributed by atoms with Gasteiger partial charge < -0.3 is 15.8 Å². The van der Waals surface area contributed by atoms with E-state index in [1.165, 1.54) is 12.1 Å². The normalized spacial score (nSPS) is 16.9. The lowest BCUT2D eigenvalue weighted by Crippen LogP contribution is -2.28. The smallest absolute Gasteiger partial charge is 0.248 e. The summed E-state index contributed by atoms with van der Waals surface area (Å²) in [5.74, 6) is -0.393. The van der Waals surface area contributed by atoms with E-state index in [1.807, 2.05) is 0 Å². The predicted octanol–water partition coefficient (Wildman–Crippen LogP) is 2.41. The lowest BCUT2D eigenvalue weighted by atomic mass is 10.2. The molecule has 0 aromatic heterocycles. The van der Waals surface area contributed by atoms with E-state index >= 15 is 0 Å². The van der Waals surface area contributed by atoms with Gasteiger partial charge in [-0.05, 0) is 42.8 Å². The van der Waals surface area contributed by atoms with Crippen molar-refractivity contribution in [2.75, 3.05) is 25.0 Å². The second-order valence-corrected chi connectivity index (χ2v) is 6.53. The third kappa shape index (κ3) is 5.52. The third-order valence-electron chi connectivity index (χ3n) is 4.44. The number of benzene rings is 2. The van der Waals surface area contributed by atoms with E-state index in [0.29, 0.717) is 36.5 Å². The molecule has 3 rings (SSSR count). The van der Waals surface area contributed by atoms with Crippen molar-refractivity contribution in [3.05, 3.63) is 59.9 Å². The molecule has 1 unspecified atom stereocenters. The number of hydrogen-bond acceptors (Lipinski definition) is 4. The van der Waals surface area contributed by atoms with Crippen LogP contribution in [0.15, 0.2) is 48.5 Å². The number of likely N-dealkylation sites (tertiary alicyclic amines) is 1. The average molecular weight is 371 g/mol. The molecule has 6 nitrogen and oxygen atoms in total. The van der Waals surface area contributed by atoms with Crippen LogP contribution in [0, 0.1) is 5.82 Å². The topological polar surface area (TPSA) is 84.7 Å². The van der Waals surface area contributed by atoms with Crippen molar-refractivity contribution >= 4 is 17.5 Å². The monoisotopic (exact) mass is 371 g/mol. The molecule has 1 saturated heterocycles. The summed E-state index contributed by atoms with van der Waals surface area (Å²) in [6.07, 6.45) is 1.19. The highest BCUT2D eigenvalue weighted by Crippen LogP contribution is 2.19. The van der Waals surface area contributed by atoms with E-state index < -0.39 is 5.91 Å². The molecular weight excluding hydrogens is 349 g/mol. The summed E-state index contributed by atoms with van der Waals surface area (Å²) in [7, 11) is 0. The molecule has 7 heteroatoms. The lowest BCUT2D eigenvalue weighted by Gasteiger charge is -2.17. The van der Waals surface area contributed by atoms with Gasteiger partial charge in [0, 0.05) is 43.4 Å². The van der Waals surface area contributed by atoms with Gasteiger partial charge in [-0.2, -0.15) is 0 Å². The second-order valence-electron chi connectivity index (χ2n) is 6.53. The summed E-state index contributed by atoms with van der Waals surface area (Å²) < 4.78 is 19.0. The Kier molecular flexibility index (Phi) is 6.03. The van der Waals surface area contributed by atoms with Crippen molar-refractivity contribution in [1.29, 1.82) is 0 Å². The fourth-order valence-electron chi connectivity index (χ4n) is 3.03. The molecule has 1 fully saturated rings. The number of carbonyl (C=O) groups is 2. The van der Waals surface area contributed by atoms with Gasteiger partial charge in [0.15, 0.2) is 0 Å². The number of nitrogens with one attached hydrogen (secondary N) is 1. The molecule has 1 aliphatic rings. The number of halogens is 1. The maximum atomic E-state index is 13.2. The maximum Gasteiger partial charge on any atom is 0.248 e. The van der Waals surface area contributed by atoms with Gasteiger partial charge in [0.2, 0.25) is 11.8 Å². The van der Waals surface area contributed by atoms with E-state index in [4.69, 9.17) is 10.5 Å². The van der Waals surface area contributed by atoms with Crippen molar-refractivity contribution in [3.8, 4) is 5.75 Å². The molecule has 0 bridgehead atoms. The number of nitrogens with zero attached hydrogens (tertiary/aromatic N) is 1. The summed E-state index contributed by atoms with van der Waals surface area (Å²) >= 11 is 0. The first kappa shape index (κ1) is 18.8. The van der Waals surface area contributed by atoms with E-state index in [1.54, 1.807) is 36.4 Å². The fraction of sp³-hybridized carbons (Fsp3) is 0.300. The van der Waals surface area contributed by atoms with Crippen LogP contribution in [-0.2, 0) is 4.79 Å². The SMILES string of the molecule is NC(=O)c1ccc(NC(=O)CCN2CCC(Oc3cccc(F)c3)C2)cc1. The molecular formula is C20H22FN3O3. The van der Waals surface area contributed by atoms with Crippen LogP contribution in [0.2, 0.25) is 0 Å². The first-order valence-corrected chi connectivity index (χ1v) is 8.84. The average Bonchev–Trinajstić information content (AvgIpc) is 3.08. The number of anilines is 1. The zero-order valence-electron chi connectivity index (χ0n) is 14.9. The Morgan fingerprint density at radius 1 is 1.22 bits per heavy atom. The van der Waals surface area contributed by atoms with Crippen LogP contribution < -0.4 is 15.8 Å². The Balaban J connectivity index is 1.41. The molecule has 3 N–H and O–H groups in total. The first-order valence-electron chi connectivity index (χ1n) is 8.84. The van der Waals surface area contributed by atoms with E-state index in [-0.39, 0.29) is 17.8 Å². The molecule has 27 heavy (non-hydrogen) atoms. The highest BCUT2D eigenvalue weighted by molar-refractivity contribution is 5.94. The Hall–Kier alpha value is -2.93. The van der Waals surface area contributed by atoms with Crippen molar-refractivity contribution in [2.45, 2.75) is 18.9 Å². The Morgan fingerprint density at radius 2 is 2.00 bits per heavy atom. The molecule has 2 aromatic rings. The zero-order chi connectivity index (χ0) is 19.2. The van der Waals surface area contributed by atoms with Crippen molar-refractivity contribution < 1.29 is 18.7 Å². The van der Waals surface area contributed by atoms with Gasteiger partial charge in [-0.1, -0.05) is 6.07 Å². The third-order valence-corrected chi connectivity index (χ3v) is 4.44. The van der Waals surface area contributed by atoms with Crippen LogP contribution >= 0.6 is 0 Å². The van der Waals surface area contributed by atoms with Crippen LogP contribution in [0.1, 0.15) is 23.2 Å². The van der Waals surface area contributed by atoms with Crippen LogP contribution in [0.3, 0.4) is 0 Å². The molecule has 2 amide bonds. The van der Waals surface area contributed by atoms with Gasteiger partial charge >= 0.3 is 0 Å². The minimum absolute atomic E-state index is 0.00351. The quantitative estimate of drug-likeness (QED) is 0.783. The van der Waals surface area contributed by atoms with Crippen LogP contribution in [0.5, 0.6) is 5.75 Å². The highest BCUT2D eigenvalue weighted by Gasteiger charge is 2.24. The molecule has 0 radical (unpaired) electrons. The van der Waals surface area contributed by atoms with Crippen LogP contribution in [0.25, 0.3) is 0 Å². The Labute approximate surface area is 157 Å². The van der Waals surface area contributed by atoms with E-state index in [2.05, 4.69) is 10.2 Å². The van der Waals surface area contributed by atoms with E-state index in [9.17, 15) is 14.0 Å². The van der Waals surface area contributed by atoms with Gasteiger partial charge in [0.05, 0.1) is 0 Å².